The summed E-state index contributed by atoms with van der Waals surface area (Å²) >= 11 is 1.29. The lowest BCUT2D eigenvalue weighted by Gasteiger charge is -2.27. The molecular weight excluding hydrogens is 488 g/mol. The molecule has 1 N–H and O–H groups in total. The number of nitrogens with zero attached hydrogens (tertiary/aromatic N) is 2. The van der Waals surface area contributed by atoms with Crippen LogP contribution >= 0.6 is 11.3 Å². The maximum atomic E-state index is 13.3. The third-order valence-electron chi connectivity index (χ3n) is 6.20. The molecule has 0 radical (unpaired) electrons. The first kappa shape index (κ1) is 26.4. The predicted molar refractivity (Wildman–Crippen MR) is 145 cm³/mol. The van der Waals surface area contributed by atoms with Gasteiger partial charge in [-0.2, -0.15) is 0 Å². The largest absolute Gasteiger partial charge is 0.503 e. The molecule has 1 amide bonds. The first-order valence-electron chi connectivity index (χ1n) is 12.2. The van der Waals surface area contributed by atoms with Gasteiger partial charge in [0.25, 0.3) is 5.91 Å². The van der Waals surface area contributed by atoms with Gasteiger partial charge in [-0.05, 0) is 74.8 Å². The maximum Gasteiger partial charge on any atom is 0.290 e. The van der Waals surface area contributed by atoms with Crippen LogP contribution in [0.5, 0.6) is 11.5 Å². The number of thiophene rings is 1. The number of hydrogen-bond donors (Lipinski definition) is 1. The van der Waals surface area contributed by atoms with Crippen LogP contribution in [0, 0.1) is 6.92 Å². The van der Waals surface area contributed by atoms with Crippen molar-refractivity contribution in [3.8, 4) is 11.5 Å². The van der Waals surface area contributed by atoms with E-state index in [0.717, 1.165) is 23.4 Å². The van der Waals surface area contributed by atoms with E-state index >= 15 is 0 Å². The Bertz CT molecular complexity index is 1250. The second-order valence-corrected chi connectivity index (χ2v) is 10.1. The van der Waals surface area contributed by atoms with Crippen LogP contribution in [0.1, 0.15) is 33.3 Å². The summed E-state index contributed by atoms with van der Waals surface area (Å²) in [5.74, 6) is 0.171. The van der Waals surface area contributed by atoms with Gasteiger partial charge in [-0.3, -0.25) is 9.59 Å². The quantitative estimate of drug-likeness (QED) is 0.266. The van der Waals surface area contributed by atoms with Gasteiger partial charge in [0.05, 0.1) is 16.5 Å². The smallest absolute Gasteiger partial charge is 0.290 e. The van der Waals surface area contributed by atoms with E-state index in [1.165, 1.54) is 11.3 Å². The number of rotatable bonds is 12. The van der Waals surface area contributed by atoms with Crippen molar-refractivity contribution in [3.63, 3.8) is 0 Å². The van der Waals surface area contributed by atoms with E-state index < -0.39 is 17.7 Å². The highest BCUT2D eigenvalue weighted by atomic mass is 32.1. The Morgan fingerprint density at radius 3 is 2.43 bits per heavy atom. The summed E-state index contributed by atoms with van der Waals surface area (Å²) in [6.45, 7) is 3.97. The molecule has 7 nitrogen and oxygen atoms in total. The molecule has 4 rings (SSSR count). The molecule has 0 spiro atoms. The Hall–Kier alpha value is -3.62. The second-order valence-electron chi connectivity index (χ2n) is 9.16. The number of ketones is 1. The predicted octanol–water partition coefficient (Wildman–Crippen LogP) is 5.04. The van der Waals surface area contributed by atoms with Crippen molar-refractivity contribution in [2.24, 2.45) is 0 Å². The van der Waals surface area contributed by atoms with Gasteiger partial charge in [-0.1, -0.05) is 36.4 Å². The Morgan fingerprint density at radius 1 is 1.03 bits per heavy atom. The SMILES string of the molecule is Cc1ccccc1OCCOc1ccc([C@@H]2C(C(=O)c3cccs3)=C(O)C(=O)N2CCCN(C)C)cc1. The zero-order chi connectivity index (χ0) is 26.4. The summed E-state index contributed by atoms with van der Waals surface area (Å²) in [6, 6.07) is 18.0. The van der Waals surface area contributed by atoms with Gasteiger partial charge in [-0.25, -0.2) is 0 Å². The van der Waals surface area contributed by atoms with Crippen LogP contribution in [0.3, 0.4) is 0 Å². The van der Waals surface area contributed by atoms with Crippen molar-refractivity contribution in [3.05, 3.63) is 93.4 Å². The molecule has 37 heavy (non-hydrogen) atoms. The summed E-state index contributed by atoms with van der Waals surface area (Å²) in [4.78, 5) is 30.5. The number of para-hydroxylation sites is 1. The van der Waals surface area contributed by atoms with E-state index in [9.17, 15) is 14.7 Å². The van der Waals surface area contributed by atoms with Crippen molar-refractivity contribution in [2.45, 2.75) is 19.4 Å². The number of aliphatic hydroxyl groups excluding tert-OH is 1. The van der Waals surface area contributed by atoms with Gasteiger partial charge in [-0.15, -0.1) is 11.3 Å². The lowest BCUT2D eigenvalue weighted by molar-refractivity contribution is -0.129. The third-order valence-corrected chi connectivity index (χ3v) is 7.07. The van der Waals surface area contributed by atoms with Crippen LogP contribution < -0.4 is 9.47 Å². The number of aryl methyl sites for hydroxylation is 1. The molecule has 0 fully saturated rings. The Kier molecular flexibility index (Phi) is 8.63. The fourth-order valence-electron chi connectivity index (χ4n) is 4.34. The highest BCUT2D eigenvalue weighted by Gasteiger charge is 2.43. The van der Waals surface area contributed by atoms with Crippen LogP contribution in [0.25, 0.3) is 0 Å². The van der Waals surface area contributed by atoms with Crippen molar-refractivity contribution >= 4 is 23.0 Å². The number of ether oxygens (including phenoxy) is 2. The molecule has 194 valence electrons. The molecule has 1 atom stereocenters. The van der Waals surface area contributed by atoms with Crippen LogP contribution in [0.15, 0.2) is 77.4 Å². The lowest BCUT2D eigenvalue weighted by Crippen LogP contribution is -2.33. The van der Waals surface area contributed by atoms with Gasteiger partial charge in [0.15, 0.2) is 5.76 Å². The molecule has 1 aliphatic rings. The van der Waals surface area contributed by atoms with Crippen molar-refractivity contribution < 1.29 is 24.2 Å². The van der Waals surface area contributed by atoms with Gasteiger partial charge < -0.3 is 24.4 Å². The van der Waals surface area contributed by atoms with E-state index in [2.05, 4.69) is 0 Å². The number of carbonyl (C=O) groups excluding carboxylic acids is 2. The molecule has 0 bridgehead atoms. The van der Waals surface area contributed by atoms with E-state index in [1.54, 1.807) is 22.4 Å². The molecule has 1 aliphatic heterocycles. The van der Waals surface area contributed by atoms with Gasteiger partial charge in [0.1, 0.15) is 24.7 Å². The molecule has 0 saturated carbocycles. The molecule has 1 aromatic heterocycles. The van der Waals surface area contributed by atoms with E-state index in [4.69, 9.17) is 9.47 Å². The van der Waals surface area contributed by atoms with Crippen molar-refractivity contribution in [1.29, 1.82) is 0 Å². The van der Waals surface area contributed by atoms with Crippen LogP contribution in [0.2, 0.25) is 0 Å². The Balaban J connectivity index is 1.49. The molecular formula is C29H32N2O5S. The molecule has 3 aromatic rings. The number of hydrogen-bond acceptors (Lipinski definition) is 7. The van der Waals surface area contributed by atoms with E-state index in [1.807, 2.05) is 74.4 Å². The van der Waals surface area contributed by atoms with E-state index in [0.29, 0.717) is 36.8 Å². The lowest BCUT2D eigenvalue weighted by atomic mass is 9.95. The number of Topliss-reactive ketones (excluding diaryl/α,β-unsaturated/α-hetero) is 1. The highest BCUT2D eigenvalue weighted by molar-refractivity contribution is 7.12. The summed E-state index contributed by atoms with van der Waals surface area (Å²) in [7, 11) is 3.94. The average Bonchev–Trinajstić information content (AvgIpc) is 3.51. The van der Waals surface area contributed by atoms with Crippen molar-refractivity contribution in [2.75, 3.05) is 40.4 Å². The summed E-state index contributed by atoms with van der Waals surface area (Å²) in [5, 5.41) is 12.6. The standard InChI is InChI=1S/C29H32N2O5S/c1-20-8-4-5-9-23(20)36-18-17-35-22-13-11-21(12-14-22)26-25(27(32)24-10-6-19-37-24)28(33)29(34)31(26)16-7-15-30(2)3/h4-6,8-14,19,26,33H,7,15-18H2,1-3H3/t26-/m1/s1. The fraction of sp³-hybridized carbons (Fsp3) is 0.310. The fourth-order valence-corrected chi connectivity index (χ4v) is 5.01. The molecule has 2 heterocycles. The van der Waals surface area contributed by atoms with Crippen molar-refractivity contribution in [1.82, 2.24) is 9.80 Å². The second kappa shape index (κ2) is 12.1. The summed E-state index contributed by atoms with van der Waals surface area (Å²) < 4.78 is 11.6. The van der Waals surface area contributed by atoms with Gasteiger partial charge in [0, 0.05) is 6.54 Å². The molecule has 0 aliphatic carbocycles. The number of carbonyl (C=O) groups is 2. The molecule has 0 saturated heterocycles. The minimum atomic E-state index is -0.664. The first-order chi connectivity index (χ1) is 17.9. The average molecular weight is 521 g/mol. The topological polar surface area (TPSA) is 79.3 Å². The minimum Gasteiger partial charge on any atom is -0.503 e. The maximum absolute atomic E-state index is 13.3. The zero-order valence-corrected chi connectivity index (χ0v) is 22.2. The number of benzene rings is 2. The van der Waals surface area contributed by atoms with Gasteiger partial charge >= 0.3 is 0 Å². The third kappa shape index (κ3) is 6.21. The summed E-state index contributed by atoms with van der Waals surface area (Å²) in [6.07, 6.45) is 0.713. The van der Waals surface area contributed by atoms with Gasteiger partial charge in [0.2, 0.25) is 5.78 Å². The Labute approximate surface area is 221 Å². The molecule has 2 aromatic carbocycles. The summed E-state index contributed by atoms with van der Waals surface area (Å²) in [5.41, 5.74) is 1.93. The zero-order valence-electron chi connectivity index (χ0n) is 21.3. The normalized spacial score (nSPS) is 15.5. The van der Waals surface area contributed by atoms with Crippen LogP contribution in [-0.4, -0.2) is 67.0 Å². The van der Waals surface area contributed by atoms with Crippen LogP contribution in [0.4, 0.5) is 0 Å². The monoisotopic (exact) mass is 520 g/mol. The Morgan fingerprint density at radius 2 is 1.76 bits per heavy atom. The number of aliphatic hydroxyl groups is 1. The first-order valence-corrected chi connectivity index (χ1v) is 13.1. The van der Waals surface area contributed by atoms with Crippen LogP contribution in [-0.2, 0) is 4.79 Å². The molecule has 8 heteroatoms. The van der Waals surface area contributed by atoms with E-state index in [-0.39, 0.29) is 11.4 Å². The highest BCUT2D eigenvalue weighted by Crippen LogP contribution is 2.40. The molecule has 0 unspecified atom stereocenters. The minimum absolute atomic E-state index is 0.123. The number of amides is 1.